The zero-order chi connectivity index (χ0) is 18.8. The van der Waals surface area contributed by atoms with Crippen LogP contribution in [0.1, 0.15) is 15.2 Å². The second-order valence-corrected chi connectivity index (χ2v) is 8.19. The van der Waals surface area contributed by atoms with Gasteiger partial charge in [0.25, 0.3) is 5.91 Å². The first-order valence-electron chi connectivity index (χ1n) is 7.93. The number of amides is 1. The Bertz CT molecular complexity index is 970. The van der Waals surface area contributed by atoms with Crippen molar-refractivity contribution in [2.75, 3.05) is 32.1 Å². The van der Waals surface area contributed by atoms with Crippen molar-refractivity contribution in [3.8, 4) is 0 Å². The maximum Gasteiger partial charge on any atom is 0.324 e. The lowest BCUT2D eigenvalue weighted by Gasteiger charge is -2.21. The number of aromatic nitrogens is 1. The standard InChI is InChI=1S/C17H18N4O3S2.ClH/c1-11-4-5-12-14(10-11)26-17(18-12)20(9-8-19(2)3)16(22)13-6-7-15(25-13)21(23)24;/h4-7,10H,8-9H2,1-3H3;1H. The van der Waals surface area contributed by atoms with Crippen molar-refractivity contribution < 1.29 is 9.72 Å². The molecule has 0 spiro atoms. The monoisotopic (exact) mass is 426 g/mol. The van der Waals surface area contributed by atoms with E-state index in [0.29, 0.717) is 23.1 Å². The van der Waals surface area contributed by atoms with E-state index < -0.39 is 4.92 Å². The number of hydrogen-bond acceptors (Lipinski definition) is 7. The first-order chi connectivity index (χ1) is 12.3. The zero-order valence-corrected chi connectivity index (χ0v) is 17.5. The predicted octanol–water partition coefficient (Wildman–Crippen LogP) is 4.20. The summed E-state index contributed by atoms with van der Waals surface area (Å²) in [6, 6.07) is 8.84. The van der Waals surface area contributed by atoms with Gasteiger partial charge in [0.1, 0.15) is 0 Å². The highest BCUT2D eigenvalue weighted by Crippen LogP contribution is 2.32. The number of benzene rings is 1. The topological polar surface area (TPSA) is 79.6 Å². The highest BCUT2D eigenvalue weighted by Gasteiger charge is 2.24. The lowest BCUT2D eigenvalue weighted by Crippen LogP contribution is -2.36. The highest BCUT2D eigenvalue weighted by molar-refractivity contribution is 7.22. The maximum atomic E-state index is 13.0. The number of thiazole rings is 1. The third-order valence-electron chi connectivity index (χ3n) is 3.76. The van der Waals surface area contributed by atoms with Crippen molar-refractivity contribution >= 4 is 61.3 Å². The van der Waals surface area contributed by atoms with Gasteiger partial charge >= 0.3 is 5.00 Å². The van der Waals surface area contributed by atoms with Gasteiger partial charge in [-0.3, -0.25) is 19.8 Å². The number of aryl methyl sites for hydroxylation is 1. The van der Waals surface area contributed by atoms with E-state index in [1.54, 1.807) is 4.90 Å². The van der Waals surface area contributed by atoms with E-state index >= 15 is 0 Å². The third kappa shape index (κ3) is 4.81. The number of carbonyl (C=O) groups excluding carboxylic acids is 1. The van der Waals surface area contributed by atoms with Gasteiger partial charge in [-0.05, 0) is 44.8 Å². The zero-order valence-electron chi connectivity index (χ0n) is 15.0. The molecule has 1 aromatic carbocycles. The summed E-state index contributed by atoms with van der Waals surface area (Å²) in [4.78, 5) is 32.0. The number of rotatable bonds is 6. The number of fused-ring (bicyclic) bond motifs is 1. The summed E-state index contributed by atoms with van der Waals surface area (Å²) < 4.78 is 1.01. The summed E-state index contributed by atoms with van der Waals surface area (Å²) in [6.45, 7) is 3.13. The minimum Gasteiger partial charge on any atom is -0.308 e. The number of carbonyl (C=O) groups is 1. The van der Waals surface area contributed by atoms with Gasteiger partial charge in [0.15, 0.2) is 5.13 Å². The number of hydrogen-bond donors (Lipinski definition) is 0. The second kappa shape index (κ2) is 8.75. The Balaban J connectivity index is 0.00000261. The summed E-state index contributed by atoms with van der Waals surface area (Å²) >= 11 is 2.34. The van der Waals surface area contributed by atoms with Crippen LogP contribution in [0.15, 0.2) is 30.3 Å². The molecule has 0 bridgehead atoms. The number of nitrogens with zero attached hydrogens (tertiary/aromatic N) is 4. The van der Waals surface area contributed by atoms with E-state index in [1.807, 2.05) is 44.1 Å². The largest absolute Gasteiger partial charge is 0.324 e. The average Bonchev–Trinajstić information content (AvgIpc) is 3.20. The van der Waals surface area contributed by atoms with Crippen LogP contribution in [-0.2, 0) is 0 Å². The average molecular weight is 427 g/mol. The van der Waals surface area contributed by atoms with Crippen molar-refractivity contribution in [2.45, 2.75) is 6.92 Å². The Labute approximate surface area is 170 Å². The normalized spacial score (nSPS) is 10.8. The summed E-state index contributed by atoms with van der Waals surface area (Å²) in [6.07, 6.45) is 0. The second-order valence-electron chi connectivity index (χ2n) is 6.12. The van der Waals surface area contributed by atoms with Crippen molar-refractivity contribution in [1.82, 2.24) is 9.88 Å². The Hall–Kier alpha value is -2.07. The summed E-state index contributed by atoms with van der Waals surface area (Å²) in [5.74, 6) is -0.263. The molecule has 2 aromatic heterocycles. The molecule has 0 atom stereocenters. The minimum atomic E-state index is -0.480. The van der Waals surface area contributed by atoms with Crippen molar-refractivity contribution in [3.63, 3.8) is 0 Å². The lowest BCUT2D eigenvalue weighted by molar-refractivity contribution is -0.380. The molecule has 0 radical (unpaired) electrons. The van der Waals surface area contributed by atoms with Crippen LogP contribution >= 0.6 is 35.1 Å². The number of anilines is 1. The SMILES string of the molecule is Cc1ccc2nc(N(CCN(C)C)C(=O)c3ccc([N+](=O)[O-])s3)sc2c1.Cl. The molecule has 0 unspecified atom stereocenters. The molecule has 0 N–H and O–H groups in total. The molecule has 0 aliphatic heterocycles. The molecule has 7 nitrogen and oxygen atoms in total. The fourth-order valence-electron chi connectivity index (χ4n) is 2.39. The Morgan fingerprint density at radius 3 is 2.56 bits per heavy atom. The lowest BCUT2D eigenvalue weighted by atomic mass is 10.2. The molecule has 0 fully saturated rings. The molecule has 0 aliphatic rings. The Morgan fingerprint density at radius 1 is 1.19 bits per heavy atom. The maximum absolute atomic E-state index is 13.0. The van der Waals surface area contributed by atoms with Crippen molar-refractivity contribution in [3.05, 3.63) is 50.9 Å². The smallest absolute Gasteiger partial charge is 0.308 e. The quantitative estimate of drug-likeness (QED) is 0.435. The minimum absolute atomic E-state index is 0. The number of halogens is 1. The number of thiophene rings is 1. The summed E-state index contributed by atoms with van der Waals surface area (Å²) in [5.41, 5.74) is 1.98. The molecular formula is C17H19ClN4O3S2. The van der Waals surface area contributed by atoms with Gasteiger partial charge in [0, 0.05) is 19.2 Å². The van der Waals surface area contributed by atoms with Gasteiger partial charge in [-0.1, -0.05) is 28.7 Å². The van der Waals surface area contributed by atoms with Gasteiger partial charge in [0.05, 0.1) is 20.0 Å². The van der Waals surface area contributed by atoms with E-state index in [9.17, 15) is 14.9 Å². The molecule has 3 aromatic rings. The molecule has 0 saturated carbocycles. The number of nitro groups is 1. The van der Waals surface area contributed by atoms with E-state index in [1.165, 1.54) is 23.5 Å². The van der Waals surface area contributed by atoms with Crippen LogP contribution in [0.2, 0.25) is 0 Å². The van der Waals surface area contributed by atoms with Crippen LogP contribution in [0.5, 0.6) is 0 Å². The molecule has 3 rings (SSSR count). The molecule has 144 valence electrons. The van der Waals surface area contributed by atoms with Crippen LogP contribution in [0.25, 0.3) is 10.2 Å². The van der Waals surface area contributed by atoms with E-state index in [-0.39, 0.29) is 23.3 Å². The van der Waals surface area contributed by atoms with Gasteiger partial charge in [-0.15, -0.1) is 12.4 Å². The van der Waals surface area contributed by atoms with E-state index in [4.69, 9.17) is 0 Å². The van der Waals surface area contributed by atoms with Gasteiger partial charge in [0.2, 0.25) is 0 Å². The van der Waals surface area contributed by atoms with Gasteiger partial charge in [-0.25, -0.2) is 4.98 Å². The fraction of sp³-hybridized carbons (Fsp3) is 0.294. The van der Waals surface area contributed by atoms with E-state index in [2.05, 4.69) is 4.98 Å². The molecular weight excluding hydrogens is 408 g/mol. The summed E-state index contributed by atoms with van der Waals surface area (Å²) in [7, 11) is 3.86. The van der Waals surface area contributed by atoms with Crippen LogP contribution in [0.3, 0.4) is 0 Å². The van der Waals surface area contributed by atoms with Crippen molar-refractivity contribution in [2.24, 2.45) is 0 Å². The molecule has 0 aliphatic carbocycles. The molecule has 1 amide bonds. The van der Waals surface area contributed by atoms with E-state index in [0.717, 1.165) is 27.1 Å². The summed E-state index contributed by atoms with van der Waals surface area (Å²) in [5, 5.41) is 11.5. The fourth-order valence-corrected chi connectivity index (χ4v) is 4.25. The predicted molar refractivity (Wildman–Crippen MR) is 113 cm³/mol. The first-order valence-corrected chi connectivity index (χ1v) is 9.56. The molecule has 27 heavy (non-hydrogen) atoms. The van der Waals surface area contributed by atoms with Crippen LogP contribution in [0, 0.1) is 17.0 Å². The molecule has 10 heteroatoms. The number of likely N-dealkylation sites (N-methyl/N-ethyl adjacent to an activating group) is 1. The third-order valence-corrected chi connectivity index (χ3v) is 5.83. The van der Waals surface area contributed by atoms with Crippen LogP contribution in [-0.4, -0.2) is 47.9 Å². The molecule has 0 saturated heterocycles. The van der Waals surface area contributed by atoms with Crippen LogP contribution in [0.4, 0.5) is 10.1 Å². The van der Waals surface area contributed by atoms with Gasteiger partial charge < -0.3 is 4.90 Å². The Kier molecular flexibility index (Phi) is 6.88. The first kappa shape index (κ1) is 21.2. The highest BCUT2D eigenvalue weighted by atomic mass is 35.5. The van der Waals surface area contributed by atoms with Crippen molar-refractivity contribution in [1.29, 1.82) is 0 Å². The van der Waals surface area contributed by atoms with Crippen LogP contribution < -0.4 is 4.90 Å². The molecule has 2 heterocycles. The Morgan fingerprint density at radius 2 is 1.93 bits per heavy atom. The van der Waals surface area contributed by atoms with Gasteiger partial charge in [-0.2, -0.15) is 0 Å².